The van der Waals surface area contributed by atoms with Gasteiger partial charge in [-0.15, -0.1) is 0 Å². The van der Waals surface area contributed by atoms with Gasteiger partial charge in [-0.2, -0.15) is 0 Å². The Balaban J connectivity index is 1.71. The fraction of sp³-hybridized carbons (Fsp3) is 0.412. The van der Waals surface area contributed by atoms with Crippen molar-refractivity contribution in [3.63, 3.8) is 0 Å². The lowest BCUT2D eigenvalue weighted by Crippen LogP contribution is -2.59. The average molecular weight is 297 g/mol. The number of carbonyl (C=O) groups is 1. The van der Waals surface area contributed by atoms with Crippen LogP contribution in [-0.4, -0.2) is 41.5 Å². The van der Waals surface area contributed by atoms with Gasteiger partial charge < -0.3 is 9.32 Å². The van der Waals surface area contributed by atoms with Crippen molar-refractivity contribution in [1.29, 1.82) is 0 Å². The molecule has 0 aromatic carbocycles. The van der Waals surface area contributed by atoms with Crippen molar-refractivity contribution in [2.24, 2.45) is 5.92 Å². The standard InChI is InChI=1S/C17H19N3O2/c21-17(16-4-2-10-22-16)20(14-3-1-7-18-11-14)15-12-19-8-5-13(15)6-9-19/h1-4,7,10-11,13,15H,5-6,8-9,12H2/t15-/m0/s1. The molecule has 3 saturated heterocycles. The number of piperidine rings is 3. The van der Waals surface area contributed by atoms with Crippen molar-refractivity contribution in [3.8, 4) is 0 Å². The summed E-state index contributed by atoms with van der Waals surface area (Å²) in [5, 5.41) is 0. The minimum atomic E-state index is -0.0725. The quantitative estimate of drug-likeness (QED) is 0.873. The predicted molar refractivity (Wildman–Crippen MR) is 82.7 cm³/mol. The molecule has 5 rings (SSSR count). The van der Waals surface area contributed by atoms with Crippen LogP contribution >= 0.6 is 0 Å². The number of aromatic nitrogens is 1. The van der Waals surface area contributed by atoms with Crippen molar-refractivity contribution in [2.75, 3.05) is 24.5 Å². The van der Waals surface area contributed by atoms with Crippen LogP contribution in [0.2, 0.25) is 0 Å². The summed E-state index contributed by atoms with van der Waals surface area (Å²) in [6.07, 6.45) is 7.36. The smallest absolute Gasteiger partial charge is 0.294 e. The summed E-state index contributed by atoms with van der Waals surface area (Å²) in [7, 11) is 0. The maximum absolute atomic E-state index is 13.0. The van der Waals surface area contributed by atoms with E-state index in [9.17, 15) is 4.79 Å². The zero-order chi connectivity index (χ0) is 14.9. The van der Waals surface area contributed by atoms with E-state index in [1.165, 1.54) is 0 Å². The minimum absolute atomic E-state index is 0.0725. The second-order valence-corrected chi connectivity index (χ2v) is 6.07. The van der Waals surface area contributed by atoms with E-state index in [0.29, 0.717) is 11.7 Å². The van der Waals surface area contributed by atoms with Crippen molar-refractivity contribution in [2.45, 2.75) is 18.9 Å². The van der Waals surface area contributed by atoms with Crippen LogP contribution in [0.3, 0.4) is 0 Å². The Morgan fingerprint density at radius 2 is 2.14 bits per heavy atom. The van der Waals surface area contributed by atoms with Crippen molar-refractivity contribution < 1.29 is 9.21 Å². The summed E-state index contributed by atoms with van der Waals surface area (Å²) in [4.78, 5) is 21.5. The molecule has 5 heteroatoms. The number of fused-ring (bicyclic) bond motifs is 3. The molecule has 3 aliphatic heterocycles. The van der Waals surface area contributed by atoms with E-state index in [1.807, 2.05) is 17.0 Å². The van der Waals surface area contributed by atoms with Crippen molar-refractivity contribution in [1.82, 2.24) is 9.88 Å². The number of anilines is 1. The molecule has 22 heavy (non-hydrogen) atoms. The fourth-order valence-electron chi connectivity index (χ4n) is 3.70. The first-order chi connectivity index (χ1) is 10.8. The molecule has 1 atom stereocenters. The second kappa shape index (κ2) is 5.57. The fourth-order valence-corrected chi connectivity index (χ4v) is 3.70. The highest BCUT2D eigenvalue weighted by atomic mass is 16.3. The molecule has 2 aromatic rings. The first-order valence-electron chi connectivity index (χ1n) is 7.82. The van der Waals surface area contributed by atoms with Crippen LogP contribution in [0.15, 0.2) is 47.3 Å². The van der Waals surface area contributed by atoms with Crippen LogP contribution < -0.4 is 4.90 Å². The highest BCUT2D eigenvalue weighted by molar-refractivity contribution is 6.04. The van der Waals surface area contributed by atoms with Gasteiger partial charge in [0.15, 0.2) is 5.76 Å². The molecule has 2 aromatic heterocycles. The predicted octanol–water partition coefficient (Wildman–Crippen LogP) is 2.42. The average Bonchev–Trinajstić information content (AvgIpc) is 3.12. The van der Waals surface area contributed by atoms with E-state index in [2.05, 4.69) is 9.88 Å². The zero-order valence-electron chi connectivity index (χ0n) is 12.4. The number of rotatable bonds is 3. The largest absolute Gasteiger partial charge is 0.459 e. The molecule has 1 amide bonds. The van der Waals surface area contributed by atoms with Crippen LogP contribution in [0.25, 0.3) is 0 Å². The SMILES string of the molecule is O=C(c1ccco1)N(c1cccnc1)[C@H]1CN2CCC1CC2. The Hall–Kier alpha value is -2.14. The molecule has 0 N–H and O–H groups in total. The van der Waals surface area contributed by atoms with Gasteiger partial charge in [0.05, 0.1) is 24.2 Å². The monoisotopic (exact) mass is 297 g/mol. The van der Waals surface area contributed by atoms with E-state index in [4.69, 9.17) is 4.42 Å². The number of furan rings is 1. The Morgan fingerprint density at radius 1 is 1.27 bits per heavy atom. The van der Waals surface area contributed by atoms with Crippen LogP contribution in [0.1, 0.15) is 23.4 Å². The van der Waals surface area contributed by atoms with Crippen molar-refractivity contribution >= 4 is 11.6 Å². The van der Waals surface area contributed by atoms with Gasteiger partial charge in [0, 0.05) is 12.7 Å². The van der Waals surface area contributed by atoms with Crippen LogP contribution in [0.5, 0.6) is 0 Å². The van der Waals surface area contributed by atoms with Crippen LogP contribution in [-0.2, 0) is 0 Å². The number of carbonyl (C=O) groups excluding carboxylic acids is 1. The molecular formula is C17H19N3O2. The van der Waals surface area contributed by atoms with E-state index in [-0.39, 0.29) is 11.9 Å². The number of hydrogen-bond acceptors (Lipinski definition) is 4. The molecule has 0 saturated carbocycles. The lowest BCUT2D eigenvalue weighted by Gasteiger charge is -2.48. The number of hydrogen-bond donors (Lipinski definition) is 0. The summed E-state index contributed by atoms with van der Waals surface area (Å²) < 4.78 is 5.34. The third-order valence-corrected chi connectivity index (χ3v) is 4.83. The third-order valence-electron chi connectivity index (χ3n) is 4.83. The Kier molecular flexibility index (Phi) is 3.42. The van der Waals surface area contributed by atoms with Gasteiger partial charge in [0.1, 0.15) is 0 Å². The third kappa shape index (κ3) is 2.31. The van der Waals surface area contributed by atoms with Gasteiger partial charge in [0.2, 0.25) is 0 Å². The van der Waals surface area contributed by atoms with Gasteiger partial charge in [-0.05, 0) is 56.1 Å². The van der Waals surface area contributed by atoms with Crippen molar-refractivity contribution in [3.05, 3.63) is 48.7 Å². The summed E-state index contributed by atoms with van der Waals surface area (Å²) >= 11 is 0. The maximum Gasteiger partial charge on any atom is 0.294 e. The lowest BCUT2D eigenvalue weighted by atomic mass is 9.83. The van der Waals surface area contributed by atoms with Gasteiger partial charge in [-0.3, -0.25) is 14.7 Å². The number of amides is 1. The molecule has 3 aliphatic rings. The lowest BCUT2D eigenvalue weighted by molar-refractivity contribution is 0.0719. The summed E-state index contributed by atoms with van der Waals surface area (Å²) in [6, 6.07) is 7.51. The summed E-state index contributed by atoms with van der Waals surface area (Å²) in [5.74, 6) is 0.876. The topological polar surface area (TPSA) is 49.6 Å². The van der Waals surface area contributed by atoms with E-state index in [0.717, 1.165) is 38.2 Å². The minimum Gasteiger partial charge on any atom is -0.459 e. The summed E-state index contributed by atoms with van der Waals surface area (Å²) in [6.45, 7) is 3.24. The Labute approximate surface area is 129 Å². The van der Waals surface area contributed by atoms with Gasteiger partial charge in [0.25, 0.3) is 5.91 Å². The normalized spacial score (nSPS) is 26.8. The van der Waals surface area contributed by atoms with Crippen LogP contribution in [0, 0.1) is 5.92 Å². The molecule has 114 valence electrons. The molecule has 0 aliphatic carbocycles. The van der Waals surface area contributed by atoms with Gasteiger partial charge >= 0.3 is 0 Å². The zero-order valence-corrected chi connectivity index (χ0v) is 12.4. The number of pyridine rings is 1. The van der Waals surface area contributed by atoms with Crippen LogP contribution in [0.4, 0.5) is 5.69 Å². The molecule has 0 spiro atoms. The Bertz CT molecular complexity index is 633. The van der Waals surface area contributed by atoms with E-state index in [1.54, 1.807) is 30.8 Å². The molecule has 0 radical (unpaired) electrons. The molecule has 2 bridgehead atoms. The number of nitrogens with zero attached hydrogens (tertiary/aromatic N) is 3. The molecule has 3 fully saturated rings. The molecular weight excluding hydrogens is 278 g/mol. The first kappa shape index (κ1) is 13.5. The second-order valence-electron chi connectivity index (χ2n) is 6.07. The molecule has 0 unspecified atom stereocenters. The molecule has 5 nitrogen and oxygen atoms in total. The molecule has 5 heterocycles. The maximum atomic E-state index is 13.0. The highest BCUT2D eigenvalue weighted by Gasteiger charge is 2.40. The first-order valence-corrected chi connectivity index (χ1v) is 7.82. The highest BCUT2D eigenvalue weighted by Crippen LogP contribution is 2.34. The van der Waals surface area contributed by atoms with Gasteiger partial charge in [-0.25, -0.2) is 0 Å². The van der Waals surface area contributed by atoms with E-state index >= 15 is 0 Å². The van der Waals surface area contributed by atoms with Gasteiger partial charge in [-0.1, -0.05) is 0 Å². The van der Waals surface area contributed by atoms with E-state index < -0.39 is 0 Å². The Morgan fingerprint density at radius 3 is 2.73 bits per heavy atom. The summed E-state index contributed by atoms with van der Waals surface area (Å²) in [5.41, 5.74) is 0.850.